The SMILES string of the molecule is CC[C@@H](Oc1ccc2c(c1)[C@@H](c1cccc(C)c1)N(C(C)=O)CC2)C(=O)NCc1ccccc1. The highest BCUT2D eigenvalue weighted by molar-refractivity contribution is 5.81. The number of hydrogen-bond acceptors (Lipinski definition) is 3. The van der Waals surface area contributed by atoms with E-state index >= 15 is 0 Å². The second kappa shape index (κ2) is 10.6. The van der Waals surface area contributed by atoms with E-state index in [1.807, 2.05) is 60.4 Å². The fourth-order valence-electron chi connectivity index (χ4n) is 4.59. The maximum absolute atomic E-state index is 12.8. The highest BCUT2D eigenvalue weighted by atomic mass is 16.5. The highest BCUT2D eigenvalue weighted by Gasteiger charge is 2.31. The van der Waals surface area contributed by atoms with Crippen molar-refractivity contribution in [3.8, 4) is 5.75 Å². The van der Waals surface area contributed by atoms with Crippen molar-refractivity contribution in [3.05, 3.63) is 101 Å². The number of aryl methyl sites for hydroxylation is 1. The fraction of sp³-hybridized carbons (Fsp3) is 0.310. The van der Waals surface area contributed by atoms with Crippen LogP contribution >= 0.6 is 0 Å². The van der Waals surface area contributed by atoms with Crippen molar-refractivity contribution in [2.45, 2.75) is 52.3 Å². The number of fused-ring (bicyclic) bond motifs is 1. The third-order valence-electron chi connectivity index (χ3n) is 6.36. The predicted molar refractivity (Wildman–Crippen MR) is 134 cm³/mol. The summed E-state index contributed by atoms with van der Waals surface area (Å²) in [5.41, 5.74) is 5.55. The minimum absolute atomic E-state index is 0.0511. The Kier molecular flexibility index (Phi) is 7.31. The van der Waals surface area contributed by atoms with Crippen LogP contribution in [-0.2, 0) is 22.6 Å². The molecule has 1 N–H and O–H groups in total. The van der Waals surface area contributed by atoms with E-state index in [4.69, 9.17) is 4.74 Å². The summed E-state index contributed by atoms with van der Waals surface area (Å²) >= 11 is 0. The van der Waals surface area contributed by atoms with E-state index in [2.05, 4.69) is 36.5 Å². The summed E-state index contributed by atoms with van der Waals surface area (Å²) in [5.74, 6) is 0.559. The van der Waals surface area contributed by atoms with Crippen molar-refractivity contribution in [2.24, 2.45) is 0 Å². The Morgan fingerprint density at radius 1 is 1.06 bits per heavy atom. The summed E-state index contributed by atoms with van der Waals surface area (Å²) in [6.07, 6.45) is 0.761. The van der Waals surface area contributed by atoms with Crippen molar-refractivity contribution < 1.29 is 14.3 Å². The summed E-state index contributed by atoms with van der Waals surface area (Å²) in [4.78, 5) is 27.2. The molecule has 0 aromatic heterocycles. The topological polar surface area (TPSA) is 58.6 Å². The zero-order valence-corrected chi connectivity index (χ0v) is 20.1. The standard InChI is InChI=1S/C29H32N2O3/c1-4-27(29(33)30-19-22-10-6-5-7-11-22)34-25-14-13-23-15-16-31(21(3)32)28(26(23)18-25)24-12-8-9-20(2)17-24/h5-14,17-18,27-28H,4,15-16,19H2,1-3H3,(H,30,33)/t27-,28-/m1/s1. The van der Waals surface area contributed by atoms with Gasteiger partial charge in [0.05, 0.1) is 6.04 Å². The molecule has 0 fully saturated rings. The largest absolute Gasteiger partial charge is 0.481 e. The Bertz CT molecular complexity index is 1160. The third-order valence-corrected chi connectivity index (χ3v) is 6.36. The van der Waals surface area contributed by atoms with Gasteiger partial charge in [0.15, 0.2) is 6.10 Å². The van der Waals surface area contributed by atoms with Gasteiger partial charge in [-0.2, -0.15) is 0 Å². The lowest BCUT2D eigenvalue weighted by atomic mass is 9.87. The molecule has 0 saturated heterocycles. The maximum atomic E-state index is 12.8. The Hall–Kier alpha value is -3.60. The van der Waals surface area contributed by atoms with Crippen LogP contribution in [-0.4, -0.2) is 29.4 Å². The van der Waals surface area contributed by atoms with Gasteiger partial charge in [0.1, 0.15) is 5.75 Å². The highest BCUT2D eigenvalue weighted by Crippen LogP contribution is 2.37. The van der Waals surface area contributed by atoms with E-state index in [0.717, 1.165) is 28.7 Å². The summed E-state index contributed by atoms with van der Waals surface area (Å²) in [6.45, 7) is 6.77. The lowest BCUT2D eigenvalue weighted by Gasteiger charge is -2.37. The first-order chi connectivity index (χ1) is 16.5. The second-order valence-electron chi connectivity index (χ2n) is 8.86. The van der Waals surface area contributed by atoms with Crippen molar-refractivity contribution >= 4 is 11.8 Å². The Balaban J connectivity index is 1.57. The number of amides is 2. The quantitative estimate of drug-likeness (QED) is 0.547. The molecule has 5 heteroatoms. The van der Waals surface area contributed by atoms with Crippen LogP contribution in [0.5, 0.6) is 5.75 Å². The van der Waals surface area contributed by atoms with E-state index < -0.39 is 6.10 Å². The van der Waals surface area contributed by atoms with Gasteiger partial charge in [-0.25, -0.2) is 0 Å². The lowest BCUT2D eigenvalue weighted by Crippen LogP contribution is -2.39. The van der Waals surface area contributed by atoms with E-state index in [9.17, 15) is 9.59 Å². The van der Waals surface area contributed by atoms with Gasteiger partial charge in [0.2, 0.25) is 5.91 Å². The minimum atomic E-state index is -0.591. The number of hydrogen-bond donors (Lipinski definition) is 1. The van der Waals surface area contributed by atoms with Crippen molar-refractivity contribution in [3.63, 3.8) is 0 Å². The van der Waals surface area contributed by atoms with Gasteiger partial charge >= 0.3 is 0 Å². The summed E-state index contributed by atoms with van der Waals surface area (Å²) < 4.78 is 6.17. The molecule has 3 aromatic rings. The van der Waals surface area contributed by atoms with Crippen LogP contribution in [0.1, 0.15) is 54.1 Å². The van der Waals surface area contributed by atoms with E-state index in [-0.39, 0.29) is 17.9 Å². The average molecular weight is 457 g/mol. The molecule has 0 aliphatic carbocycles. The molecule has 1 aliphatic heterocycles. The van der Waals surface area contributed by atoms with E-state index in [1.165, 1.54) is 5.56 Å². The van der Waals surface area contributed by atoms with Crippen LogP contribution in [0.25, 0.3) is 0 Å². The molecule has 0 radical (unpaired) electrons. The summed E-state index contributed by atoms with van der Waals surface area (Å²) in [7, 11) is 0. The monoisotopic (exact) mass is 456 g/mol. The normalized spacial score (nSPS) is 15.9. The first-order valence-corrected chi connectivity index (χ1v) is 11.9. The van der Waals surface area contributed by atoms with Gasteiger partial charge < -0.3 is 15.0 Å². The van der Waals surface area contributed by atoms with Crippen molar-refractivity contribution in [1.29, 1.82) is 0 Å². The molecule has 0 bridgehead atoms. The molecular weight excluding hydrogens is 424 g/mol. The molecule has 1 heterocycles. The first-order valence-electron chi connectivity index (χ1n) is 11.9. The van der Waals surface area contributed by atoms with Crippen molar-refractivity contribution in [1.82, 2.24) is 10.2 Å². The van der Waals surface area contributed by atoms with Crippen LogP contribution in [0, 0.1) is 6.92 Å². The van der Waals surface area contributed by atoms with Crippen LogP contribution < -0.4 is 10.1 Å². The fourth-order valence-corrected chi connectivity index (χ4v) is 4.59. The zero-order chi connectivity index (χ0) is 24.1. The second-order valence-corrected chi connectivity index (χ2v) is 8.86. The van der Waals surface area contributed by atoms with E-state index in [0.29, 0.717) is 25.3 Å². The van der Waals surface area contributed by atoms with Crippen LogP contribution in [0.15, 0.2) is 72.8 Å². The van der Waals surface area contributed by atoms with Crippen molar-refractivity contribution in [2.75, 3.05) is 6.54 Å². The summed E-state index contributed by atoms with van der Waals surface area (Å²) in [5, 5.41) is 2.98. The molecule has 4 rings (SSSR count). The number of nitrogens with zero attached hydrogens (tertiary/aromatic N) is 1. The Labute approximate surface area is 201 Å². The molecule has 0 unspecified atom stereocenters. The summed E-state index contributed by atoms with van der Waals surface area (Å²) in [6, 6.07) is 24.0. The molecule has 176 valence electrons. The van der Waals surface area contributed by atoms with Gasteiger partial charge in [-0.3, -0.25) is 9.59 Å². The number of benzene rings is 3. The van der Waals surface area contributed by atoms with Gasteiger partial charge in [-0.05, 0) is 54.2 Å². The van der Waals surface area contributed by atoms with E-state index in [1.54, 1.807) is 6.92 Å². The molecule has 1 aliphatic rings. The average Bonchev–Trinajstić information content (AvgIpc) is 2.85. The van der Waals surface area contributed by atoms with Gasteiger partial charge in [-0.1, -0.05) is 73.2 Å². The van der Waals surface area contributed by atoms with Gasteiger partial charge in [-0.15, -0.1) is 0 Å². The van der Waals surface area contributed by atoms with Gasteiger partial charge in [0, 0.05) is 20.0 Å². The molecule has 0 spiro atoms. The number of rotatable bonds is 7. The van der Waals surface area contributed by atoms with Crippen LogP contribution in [0.3, 0.4) is 0 Å². The van der Waals surface area contributed by atoms with Gasteiger partial charge in [0.25, 0.3) is 5.91 Å². The number of nitrogens with one attached hydrogen (secondary N) is 1. The minimum Gasteiger partial charge on any atom is -0.481 e. The molecule has 5 nitrogen and oxygen atoms in total. The van der Waals surface area contributed by atoms with Crippen LogP contribution in [0.2, 0.25) is 0 Å². The molecular formula is C29H32N2O3. The molecule has 2 amide bonds. The smallest absolute Gasteiger partial charge is 0.261 e. The molecule has 0 saturated carbocycles. The predicted octanol–water partition coefficient (Wildman–Crippen LogP) is 4.96. The molecule has 2 atom stereocenters. The number of carbonyl (C=O) groups is 2. The first kappa shape index (κ1) is 23.6. The number of carbonyl (C=O) groups excluding carboxylic acids is 2. The Morgan fingerprint density at radius 3 is 2.56 bits per heavy atom. The third kappa shape index (κ3) is 5.30. The maximum Gasteiger partial charge on any atom is 0.261 e. The molecule has 34 heavy (non-hydrogen) atoms. The lowest BCUT2D eigenvalue weighted by molar-refractivity contribution is -0.131. The Morgan fingerprint density at radius 2 is 1.85 bits per heavy atom. The number of ether oxygens (including phenoxy) is 1. The molecule has 3 aromatic carbocycles. The van der Waals surface area contributed by atoms with Crippen LogP contribution in [0.4, 0.5) is 0 Å². The zero-order valence-electron chi connectivity index (χ0n) is 20.1.